The van der Waals surface area contributed by atoms with E-state index in [1.807, 2.05) is 37.4 Å². The number of hydrogen-bond donors (Lipinski definition) is 1. The molecule has 2 N–H and O–H groups in total. The molecule has 0 unspecified atom stereocenters. The molecule has 20 heavy (non-hydrogen) atoms. The molecule has 0 amide bonds. The van der Waals surface area contributed by atoms with Gasteiger partial charge in [-0.25, -0.2) is 0 Å². The summed E-state index contributed by atoms with van der Waals surface area (Å²) in [5.41, 5.74) is 9.08. The third-order valence-electron chi connectivity index (χ3n) is 3.28. The zero-order valence-electron chi connectivity index (χ0n) is 11.8. The topological polar surface area (TPSA) is 59.2 Å². The number of likely N-dealkylation sites (N-methyl/N-ethyl adjacent to an activating group) is 1. The van der Waals surface area contributed by atoms with Gasteiger partial charge in [0, 0.05) is 48.8 Å². The maximum absolute atomic E-state index is 11.4. The van der Waals surface area contributed by atoms with Crippen molar-refractivity contribution in [1.82, 2.24) is 4.98 Å². The SMILES string of the molecule is CC(=O)c1ccc(N(C)CCc2ccccn2)cc1N. The Hall–Kier alpha value is -2.36. The molecular formula is C16H19N3O. The average molecular weight is 269 g/mol. The highest BCUT2D eigenvalue weighted by atomic mass is 16.1. The highest BCUT2D eigenvalue weighted by Gasteiger charge is 2.08. The lowest BCUT2D eigenvalue weighted by Gasteiger charge is -2.20. The third kappa shape index (κ3) is 3.35. The molecule has 0 saturated heterocycles. The Bertz CT molecular complexity index is 596. The minimum Gasteiger partial charge on any atom is -0.398 e. The third-order valence-corrected chi connectivity index (χ3v) is 3.28. The van der Waals surface area contributed by atoms with Gasteiger partial charge in [0.05, 0.1) is 0 Å². The molecule has 0 spiro atoms. The van der Waals surface area contributed by atoms with Gasteiger partial charge in [-0.3, -0.25) is 9.78 Å². The summed E-state index contributed by atoms with van der Waals surface area (Å²) in [5.74, 6) is -0.00908. The van der Waals surface area contributed by atoms with Crippen molar-refractivity contribution < 1.29 is 4.79 Å². The van der Waals surface area contributed by atoms with Crippen molar-refractivity contribution in [2.75, 3.05) is 24.2 Å². The van der Waals surface area contributed by atoms with E-state index in [-0.39, 0.29) is 5.78 Å². The highest BCUT2D eigenvalue weighted by molar-refractivity contribution is 5.99. The van der Waals surface area contributed by atoms with Gasteiger partial charge in [0.25, 0.3) is 0 Å². The van der Waals surface area contributed by atoms with Gasteiger partial charge in [-0.1, -0.05) is 6.07 Å². The molecule has 0 aliphatic heterocycles. The molecule has 1 aromatic carbocycles. The Kier molecular flexibility index (Phi) is 4.35. The van der Waals surface area contributed by atoms with Crippen molar-refractivity contribution in [3.8, 4) is 0 Å². The lowest BCUT2D eigenvalue weighted by molar-refractivity contribution is 0.101. The molecule has 2 rings (SSSR count). The van der Waals surface area contributed by atoms with Gasteiger partial charge < -0.3 is 10.6 Å². The number of hydrogen-bond acceptors (Lipinski definition) is 4. The van der Waals surface area contributed by atoms with E-state index in [9.17, 15) is 4.79 Å². The lowest BCUT2D eigenvalue weighted by atomic mass is 10.1. The van der Waals surface area contributed by atoms with Gasteiger partial charge in [0.1, 0.15) is 0 Å². The second-order valence-corrected chi connectivity index (χ2v) is 4.82. The van der Waals surface area contributed by atoms with E-state index in [1.165, 1.54) is 6.92 Å². The van der Waals surface area contributed by atoms with E-state index in [4.69, 9.17) is 5.73 Å². The summed E-state index contributed by atoms with van der Waals surface area (Å²) in [6.45, 7) is 2.37. The molecule has 104 valence electrons. The number of nitrogen functional groups attached to an aromatic ring is 1. The summed E-state index contributed by atoms with van der Waals surface area (Å²) in [6.07, 6.45) is 2.67. The fourth-order valence-corrected chi connectivity index (χ4v) is 2.07. The zero-order chi connectivity index (χ0) is 14.5. The predicted molar refractivity (Wildman–Crippen MR) is 82.1 cm³/mol. The summed E-state index contributed by atoms with van der Waals surface area (Å²) in [7, 11) is 2.01. The Morgan fingerprint density at radius 1 is 1.30 bits per heavy atom. The average Bonchev–Trinajstić information content (AvgIpc) is 2.45. The van der Waals surface area contributed by atoms with E-state index >= 15 is 0 Å². The van der Waals surface area contributed by atoms with E-state index in [0.717, 1.165) is 24.3 Å². The van der Waals surface area contributed by atoms with Crippen molar-refractivity contribution in [2.45, 2.75) is 13.3 Å². The number of nitrogens with zero attached hydrogens (tertiary/aromatic N) is 2. The summed E-state index contributed by atoms with van der Waals surface area (Å²) in [4.78, 5) is 17.8. The first-order valence-corrected chi connectivity index (χ1v) is 6.59. The smallest absolute Gasteiger partial charge is 0.161 e. The predicted octanol–water partition coefficient (Wildman–Crippen LogP) is 2.55. The second-order valence-electron chi connectivity index (χ2n) is 4.82. The van der Waals surface area contributed by atoms with Gasteiger partial charge in [-0.2, -0.15) is 0 Å². The molecule has 0 radical (unpaired) electrons. The molecule has 1 heterocycles. The van der Waals surface area contributed by atoms with E-state index in [0.29, 0.717) is 11.3 Å². The fraction of sp³-hybridized carbons (Fsp3) is 0.250. The Labute approximate surface area is 119 Å². The van der Waals surface area contributed by atoms with Gasteiger partial charge in [0.2, 0.25) is 0 Å². The van der Waals surface area contributed by atoms with Crippen LogP contribution in [0.2, 0.25) is 0 Å². The maximum Gasteiger partial charge on any atom is 0.161 e. The van der Waals surface area contributed by atoms with Crippen LogP contribution in [-0.4, -0.2) is 24.4 Å². The van der Waals surface area contributed by atoms with Crippen molar-refractivity contribution in [3.05, 3.63) is 53.9 Å². The second kappa shape index (κ2) is 6.19. The molecule has 1 aromatic heterocycles. The first kappa shape index (κ1) is 14.1. The molecule has 0 saturated carbocycles. The van der Waals surface area contributed by atoms with Gasteiger partial charge in [-0.15, -0.1) is 0 Å². The van der Waals surface area contributed by atoms with Crippen molar-refractivity contribution >= 4 is 17.2 Å². The van der Waals surface area contributed by atoms with Crippen LogP contribution < -0.4 is 10.6 Å². The van der Waals surface area contributed by atoms with Crippen LogP contribution in [0.15, 0.2) is 42.6 Å². The molecular weight excluding hydrogens is 250 g/mol. The van der Waals surface area contributed by atoms with Crippen LogP contribution in [0.4, 0.5) is 11.4 Å². The van der Waals surface area contributed by atoms with Crippen LogP contribution in [0.1, 0.15) is 23.0 Å². The van der Waals surface area contributed by atoms with Crippen LogP contribution in [-0.2, 0) is 6.42 Å². The van der Waals surface area contributed by atoms with Crippen molar-refractivity contribution in [3.63, 3.8) is 0 Å². The largest absolute Gasteiger partial charge is 0.398 e. The fourth-order valence-electron chi connectivity index (χ4n) is 2.07. The van der Waals surface area contributed by atoms with Crippen LogP contribution in [0.25, 0.3) is 0 Å². The van der Waals surface area contributed by atoms with Crippen LogP contribution in [0.3, 0.4) is 0 Å². The Morgan fingerprint density at radius 2 is 2.10 bits per heavy atom. The number of rotatable bonds is 5. The molecule has 0 aliphatic rings. The number of ketones is 1. The zero-order valence-corrected chi connectivity index (χ0v) is 11.8. The standard InChI is InChI=1S/C16H19N3O/c1-12(20)15-7-6-14(11-16(15)17)19(2)10-8-13-5-3-4-9-18-13/h3-7,9,11H,8,10,17H2,1-2H3. The summed E-state index contributed by atoms with van der Waals surface area (Å²) in [6, 6.07) is 11.5. The molecule has 0 atom stereocenters. The Morgan fingerprint density at radius 3 is 2.70 bits per heavy atom. The summed E-state index contributed by atoms with van der Waals surface area (Å²) in [5, 5.41) is 0. The summed E-state index contributed by atoms with van der Waals surface area (Å²) < 4.78 is 0. The quantitative estimate of drug-likeness (QED) is 0.669. The van der Waals surface area contributed by atoms with Gasteiger partial charge in [0.15, 0.2) is 5.78 Å². The van der Waals surface area contributed by atoms with Crippen LogP contribution in [0.5, 0.6) is 0 Å². The van der Waals surface area contributed by atoms with E-state index in [1.54, 1.807) is 12.3 Å². The van der Waals surface area contributed by atoms with Gasteiger partial charge >= 0.3 is 0 Å². The number of Topliss-reactive ketones (excluding diaryl/α,β-unsaturated/α-hetero) is 1. The number of pyridine rings is 1. The monoisotopic (exact) mass is 269 g/mol. The molecule has 4 nitrogen and oxygen atoms in total. The normalized spacial score (nSPS) is 10.3. The number of benzene rings is 1. The summed E-state index contributed by atoms with van der Waals surface area (Å²) >= 11 is 0. The van der Waals surface area contributed by atoms with Crippen molar-refractivity contribution in [1.29, 1.82) is 0 Å². The first-order valence-electron chi connectivity index (χ1n) is 6.59. The minimum atomic E-state index is -0.00908. The number of carbonyl (C=O) groups is 1. The first-order chi connectivity index (χ1) is 9.58. The number of carbonyl (C=O) groups excluding carboxylic acids is 1. The molecule has 0 aliphatic carbocycles. The number of anilines is 2. The minimum absolute atomic E-state index is 0.00908. The molecule has 0 fully saturated rings. The Balaban J connectivity index is 2.04. The molecule has 2 aromatic rings. The van der Waals surface area contributed by atoms with E-state index in [2.05, 4.69) is 9.88 Å². The van der Waals surface area contributed by atoms with E-state index < -0.39 is 0 Å². The molecule has 0 bridgehead atoms. The molecule has 4 heteroatoms. The lowest BCUT2D eigenvalue weighted by Crippen LogP contribution is -2.21. The number of nitrogens with two attached hydrogens (primary N) is 1. The van der Waals surface area contributed by atoms with Crippen LogP contribution >= 0.6 is 0 Å². The van der Waals surface area contributed by atoms with Crippen LogP contribution in [0, 0.1) is 0 Å². The highest BCUT2D eigenvalue weighted by Crippen LogP contribution is 2.21. The van der Waals surface area contributed by atoms with Crippen molar-refractivity contribution in [2.24, 2.45) is 0 Å². The van der Waals surface area contributed by atoms with Gasteiger partial charge in [-0.05, 0) is 37.3 Å². The maximum atomic E-state index is 11.4. The number of aromatic nitrogens is 1.